The van der Waals surface area contributed by atoms with Gasteiger partial charge in [-0.25, -0.2) is 8.78 Å². The first-order valence-electron chi connectivity index (χ1n) is 2.62. The second-order valence-electron chi connectivity index (χ2n) is 1.70. The molecule has 0 aromatic rings. The van der Waals surface area contributed by atoms with Gasteiger partial charge in [-0.1, -0.05) is 30.1 Å². The molecule has 2 unspecified atom stereocenters. The zero-order valence-electron chi connectivity index (χ0n) is 5.20. The second-order valence-corrected chi connectivity index (χ2v) is 2.63. The molecule has 0 aromatic carbocycles. The van der Waals surface area contributed by atoms with Crippen LogP contribution in [0.4, 0.5) is 8.78 Å². The minimum atomic E-state index is -3.06. The Balaban J connectivity index is 4.24. The van der Waals surface area contributed by atoms with Gasteiger partial charge in [0.05, 0.1) is 0 Å². The van der Waals surface area contributed by atoms with Crippen LogP contribution in [0.3, 0.4) is 0 Å². The molecule has 0 N–H and O–H groups in total. The number of rotatable bonds is 3. The zero-order chi connectivity index (χ0) is 8.36. The lowest BCUT2D eigenvalue weighted by Crippen LogP contribution is -2.33. The molecule has 60 valence electrons. The van der Waals surface area contributed by atoms with E-state index in [1.165, 1.54) is 6.92 Å². The molecular weight excluding hydrogens is 185 g/mol. The summed E-state index contributed by atoms with van der Waals surface area (Å²) in [6, 6.07) is 0. The Kier molecular flexibility index (Phi) is 3.52. The van der Waals surface area contributed by atoms with Crippen molar-refractivity contribution in [3.63, 3.8) is 0 Å². The fraction of sp³-hybridized carbons (Fsp3) is 0.800. The third kappa shape index (κ3) is 2.06. The van der Waals surface area contributed by atoms with Crippen molar-refractivity contribution in [1.82, 2.24) is 0 Å². The van der Waals surface area contributed by atoms with E-state index in [2.05, 4.69) is 11.6 Å². The number of carbonyl (C=O) groups is 1. The van der Waals surface area contributed by atoms with Crippen molar-refractivity contribution >= 4 is 29.0 Å². The molecule has 0 radical (unpaired) electrons. The average molecular weight is 191 g/mol. The summed E-state index contributed by atoms with van der Waals surface area (Å²) in [6.07, 6.45) is -0.173. The van der Waals surface area contributed by atoms with Crippen molar-refractivity contribution < 1.29 is 13.6 Å². The van der Waals surface area contributed by atoms with Gasteiger partial charge in [0.25, 0.3) is 5.13 Å². The first-order valence-corrected chi connectivity index (χ1v) is 3.43. The highest BCUT2D eigenvalue weighted by molar-refractivity contribution is 6.39. The summed E-state index contributed by atoms with van der Waals surface area (Å²) in [4.78, 5) is 10.4. The van der Waals surface area contributed by atoms with Crippen molar-refractivity contribution in [3.8, 4) is 0 Å². The van der Waals surface area contributed by atoms with E-state index in [1.807, 2.05) is 0 Å². The number of hydrogen-bond donors (Lipinski definition) is 0. The van der Waals surface area contributed by atoms with Crippen molar-refractivity contribution in [1.29, 1.82) is 0 Å². The molecule has 10 heavy (non-hydrogen) atoms. The third-order valence-electron chi connectivity index (χ3n) is 0.967. The smallest absolute Gasteiger partial charge is 0.285 e. The Morgan fingerprint density at radius 3 is 2.30 bits per heavy atom. The van der Waals surface area contributed by atoms with Crippen LogP contribution in [0.5, 0.6) is 0 Å². The molecule has 2 atom stereocenters. The van der Waals surface area contributed by atoms with Gasteiger partial charge in [0, 0.05) is 6.42 Å². The predicted octanol–water partition coefficient (Wildman–Crippen LogP) is 2.40. The largest absolute Gasteiger partial charge is 0.294 e. The van der Waals surface area contributed by atoms with E-state index in [4.69, 9.17) is 11.6 Å². The van der Waals surface area contributed by atoms with Crippen molar-refractivity contribution in [2.24, 2.45) is 0 Å². The topological polar surface area (TPSA) is 17.1 Å². The highest BCUT2D eigenvalue weighted by Crippen LogP contribution is 2.29. The van der Waals surface area contributed by atoms with Gasteiger partial charge in [0.2, 0.25) is 5.63 Å². The van der Waals surface area contributed by atoms with Crippen LogP contribution in [0, 0.1) is 0 Å². The molecule has 0 rings (SSSR count). The van der Waals surface area contributed by atoms with E-state index in [0.717, 1.165) is 0 Å². The van der Waals surface area contributed by atoms with Crippen LogP contribution in [-0.2, 0) is 4.79 Å². The van der Waals surface area contributed by atoms with Gasteiger partial charge >= 0.3 is 0 Å². The van der Waals surface area contributed by atoms with E-state index in [0.29, 0.717) is 0 Å². The quantitative estimate of drug-likeness (QED) is 0.626. The fourth-order valence-corrected chi connectivity index (χ4v) is 0.613. The highest BCUT2D eigenvalue weighted by atomic mass is 35.5. The molecule has 0 aliphatic rings. The maximum atomic E-state index is 12.5. The van der Waals surface area contributed by atoms with E-state index in [9.17, 15) is 13.6 Å². The third-order valence-corrected chi connectivity index (χ3v) is 1.78. The molecule has 0 fully saturated rings. The van der Waals surface area contributed by atoms with Gasteiger partial charge in [-0.05, 0) is 0 Å². The number of ketones is 1. The predicted molar refractivity (Wildman–Crippen MR) is 35.7 cm³/mol. The summed E-state index contributed by atoms with van der Waals surface area (Å²) >= 11 is 9.45. The van der Waals surface area contributed by atoms with Gasteiger partial charge in [0.1, 0.15) is 0 Å². The molecule has 5 heteroatoms. The maximum absolute atomic E-state index is 12.5. The fourth-order valence-electron chi connectivity index (χ4n) is 0.357. The Bertz CT molecular complexity index is 136. The molecular formula is C5H6Cl2F2O. The lowest BCUT2D eigenvalue weighted by Gasteiger charge is -2.14. The number of alkyl halides is 4. The van der Waals surface area contributed by atoms with E-state index in [1.54, 1.807) is 0 Å². The van der Waals surface area contributed by atoms with E-state index in [-0.39, 0.29) is 6.42 Å². The minimum Gasteiger partial charge on any atom is -0.294 e. The molecule has 0 spiro atoms. The summed E-state index contributed by atoms with van der Waals surface area (Å²) in [7, 11) is 0. The molecule has 0 saturated carbocycles. The van der Waals surface area contributed by atoms with Crippen molar-refractivity contribution in [2.45, 2.75) is 24.1 Å². The van der Waals surface area contributed by atoms with Crippen LogP contribution in [0.2, 0.25) is 0 Å². The molecule has 1 nitrogen and oxygen atoms in total. The number of halogens is 4. The van der Waals surface area contributed by atoms with Crippen LogP contribution in [0.25, 0.3) is 0 Å². The monoisotopic (exact) mass is 190 g/mol. The molecule has 0 aliphatic carbocycles. The van der Waals surface area contributed by atoms with Gasteiger partial charge in [-0.3, -0.25) is 4.79 Å². The van der Waals surface area contributed by atoms with Crippen molar-refractivity contribution in [2.75, 3.05) is 0 Å². The van der Waals surface area contributed by atoms with Crippen LogP contribution < -0.4 is 0 Å². The average Bonchev–Trinajstić information content (AvgIpc) is 1.86. The summed E-state index contributed by atoms with van der Waals surface area (Å²) in [5.41, 5.74) is -2.48. The molecule has 0 amide bonds. The lowest BCUT2D eigenvalue weighted by atomic mass is 10.2. The molecule has 0 heterocycles. The van der Waals surface area contributed by atoms with Crippen LogP contribution >= 0.6 is 23.2 Å². The van der Waals surface area contributed by atoms with Gasteiger partial charge in [-0.2, -0.15) is 0 Å². The molecule has 0 aliphatic heterocycles. The Labute approximate surface area is 67.3 Å². The molecule has 0 bridgehead atoms. The summed E-state index contributed by atoms with van der Waals surface area (Å²) in [5.74, 6) is -1.04. The van der Waals surface area contributed by atoms with E-state index < -0.39 is 16.5 Å². The standard InChI is InChI=1S/C5H6Cl2F2O/c1-2-3(10)5(7,9)4(6)8/h4H,2H2,1H3. The van der Waals surface area contributed by atoms with Crippen molar-refractivity contribution in [3.05, 3.63) is 0 Å². The summed E-state index contributed by atoms with van der Waals surface area (Å²) in [6.45, 7) is 1.37. The van der Waals surface area contributed by atoms with Crippen LogP contribution in [0.1, 0.15) is 13.3 Å². The maximum Gasteiger partial charge on any atom is 0.285 e. The van der Waals surface area contributed by atoms with E-state index >= 15 is 0 Å². The van der Waals surface area contributed by atoms with Crippen LogP contribution in [-0.4, -0.2) is 16.5 Å². The number of hydrogen-bond acceptors (Lipinski definition) is 1. The summed E-state index contributed by atoms with van der Waals surface area (Å²) < 4.78 is 24.5. The second kappa shape index (κ2) is 3.49. The molecule has 0 aromatic heterocycles. The number of Topliss-reactive ketones (excluding diaryl/α,β-unsaturated/α-hetero) is 1. The normalized spacial score (nSPS) is 19.7. The van der Waals surface area contributed by atoms with Crippen LogP contribution in [0.15, 0.2) is 0 Å². The van der Waals surface area contributed by atoms with Gasteiger partial charge < -0.3 is 0 Å². The lowest BCUT2D eigenvalue weighted by molar-refractivity contribution is -0.126. The first-order chi connectivity index (χ1) is 4.42. The summed E-state index contributed by atoms with van der Waals surface area (Å²) in [5, 5.41) is -3.06. The first kappa shape index (κ1) is 10.1. The Morgan fingerprint density at radius 2 is 2.20 bits per heavy atom. The zero-order valence-corrected chi connectivity index (χ0v) is 6.72. The Hall–Kier alpha value is 0.110. The molecule has 0 saturated heterocycles. The van der Waals surface area contributed by atoms with Gasteiger partial charge in [-0.15, -0.1) is 0 Å². The SMILES string of the molecule is CCC(=O)C(F)(Cl)C(F)Cl. The Morgan fingerprint density at radius 1 is 1.80 bits per heavy atom. The van der Waals surface area contributed by atoms with Gasteiger partial charge in [0.15, 0.2) is 5.78 Å². The number of carbonyl (C=O) groups excluding carboxylic acids is 1. The highest BCUT2D eigenvalue weighted by Gasteiger charge is 2.42. The minimum absolute atomic E-state index is 0.173.